The zero-order valence-corrected chi connectivity index (χ0v) is 12.9. The van der Waals surface area contributed by atoms with Crippen molar-refractivity contribution in [1.29, 1.82) is 0 Å². The summed E-state index contributed by atoms with van der Waals surface area (Å²) in [5, 5.41) is 0. The van der Waals surface area contributed by atoms with Gasteiger partial charge in [0.2, 0.25) is 0 Å². The third-order valence-electron chi connectivity index (χ3n) is 5.02. The molecule has 1 fully saturated rings. The van der Waals surface area contributed by atoms with Crippen LogP contribution in [0.2, 0.25) is 0 Å². The first-order valence-corrected chi connectivity index (χ1v) is 7.71. The number of rotatable bonds is 7. The predicted octanol–water partition coefficient (Wildman–Crippen LogP) is 2.31. The number of hydrogen-bond donors (Lipinski definition) is 1. The van der Waals surface area contributed by atoms with E-state index in [0.717, 1.165) is 12.6 Å². The maximum absolute atomic E-state index is 6.14. The summed E-state index contributed by atoms with van der Waals surface area (Å²) in [5.74, 6) is 0. The lowest BCUT2D eigenvalue weighted by Gasteiger charge is -2.47. The Morgan fingerprint density at radius 1 is 1.28 bits per heavy atom. The minimum Gasteiger partial charge on any atom is -0.329 e. The van der Waals surface area contributed by atoms with Crippen LogP contribution in [0.15, 0.2) is 0 Å². The van der Waals surface area contributed by atoms with Crippen molar-refractivity contribution in [2.75, 3.05) is 33.7 Å². The second kappa shape index (κ2) is 7.46. The highest BCUT2D eigenvalue weighted by Gasteiger charge is 2.35. The molecule has 0 bridgehead atoms. The minimum absolute atomic E-state index is 0.233. The van der Waals surface area contributed by atoms with Crippen molar-refractivity contribution < 1.29 is 0 Å². The summed E-state index contributed by atoms with van der Waals surface area (Å²) in [6, 6.07) is 0.724. The van der Waals surface area contributed by atoms with Crippen molar-refractivity contribution in [3.63, 3.8) is 0 Å². The highest BCUT2D eigenvalue weighted by Crippen LogP contribution is 2.29. The van der Waals surface area contributed by atoms with Crippen molar-refractivity contribution in [2.24, 2.45) is 5.73 Å². The molecule has 0 aliphatic carbocycles. The summed E-state index contributed by atoms with van der Waals surface area (Å²) in [4.78, 5) is 5.06. The van der Waals surface area contributed by atoms with Crippen molar-refractivity contribution in [3.8, 4) is 0 Å². The molecule has 0 saturated carbocycles. The average molecular weight is 255 g/mol. The third kappa shape index (κ3) is 3.69. The Labute approximate surface area is 114 Å². The summed E-state index contributed by atoms with van der Waals surface area (Å²) in [6.07, 6.45) is 7.57. The first-order valence-electron chi connectivity index (χ1n) is 7.71. The van der Waals surface area contributed by atoms with Crippen molar-refractivity contribution >= 4 is 0 Å². The van der Waals surface area contributed by atoms with E-state index in [-0.39, 0.29) is 5.54 Å². The molecule has 1 heterocycles. The van der Waals surface area contributed by atoms with Crippen molar-refractivity contribution in [1.82, 2.24) is 9.80 Å². The molecule has 1 saturated heterocycles. The lowest BCUT2D eigenvalue weighted by molar-refractivity contribution is 0.0331. The number of likely N-dealkylation sites (tertiary alicyclic amines) is 1. The number of nitrogens with zero attached hydrogens (tertiary/aromatic N) is 2. The fraction of sp³-hybridized carbons (Fsp3) is 1.00. The Bertz CT molecular complexity index is 218. The largest absolute Gasteiger partial charge is 0.329 e. The van der Waals surface area contributed by atoms with Gasteiger partial charge in [-0.2, -0.15) is 0 Å². The SMILES string of the molecule is CCCCC(CC)(CN)N(C)C1CCN(C)CC1. The van der Waals surface area contributed by atoms with Gasteiger partial charge in [0, 0.05) is 18.1 Å². The molecular weight excluding hydrogens is 222 g/mol. The summed E-state index contributed by atoms with van der Waals surface area (Å²) < 4.78 is 0. The number of hydrogen-bond acceptors (Lipinski definition) is 3. The first-order chi connectivity index (χ1) is 8.59. The smallest absolute Gasteiger partial charge is 0.0329 e. The van der Waals surface area contributed by atoms with Crippen LogP contribution < -0.4 is 5.73 Å². The molecule has 1 atom stereocenters. The molecule has 3 nitrogen and oxygen atoms in total. The third-order valence-corrected chi connectivity index (χ3v) is 5.02. The summed E-state index contributed by atoms with van der Waals surface area (Å²) in [7, 11) is 4.53. The minimum atomic E-state index is 0.233. The molecule has 0 aromatic carbocycles. The Kier molecular flexibility index (Phi) is 6.61. The van der Waals surface area contributed by atoms with Crippen molar-refractivity contribution in [3.05, 3.63) is 0 Å². The van der Waals surface area contributed by atoms with Crippen LogP contribution in [-0.2, 0) is 0 Å². The first kappa shape index (κ1) is 15.9. The van der Waals surface area contributed by atoms with Crippen LogP contribution in [0.25, 0.3) is 0 Å². The quantitative estimate of drug-likeness (QED) is 0.758. The fourth-order valence-electron chi connectivity index (χ4n) is 3.27. The van der Waals surface area contributed by atoms with Crippen LogP contribution in [-0.4, -0.2) is 55.1 Å². The molecule has 0 amide bonds. The van der Waals surface area contributed by atoms with Crippen LogP contribution in [0.5, 0.6) is 0 Å². The van der Waals surface area contributed by atoms with Crippen LogP contribution in [0.1, 0.15) is 52.4 Å². The summed E-state index contributed by atoms with van der Waals surface area (Å²) in [5.41, 5.74) is 6.37. The standard InChI is InChI=1S/C15H33N3/c1-5-7-10-15(6-2,13-16)18(4)14-8-11-17(3)12-9-14/h14H,5-13,16H2,1-4H3. The summed E-state index contributed by atoms with van der Waals surface area (Å²) >= 11 is 0. The van der Waals surface area contributed by atoms with Gasteiger partial charge in [0.1, 0.15) is 0 Å². The number of unbranched alkanes of at least 4 members (excludes halogenated alkanes) is 1. The topological polar surface area (TPSA) is 32.5 Å². The highest BCUT2D eigenvalue weighted by atomic mass is 15.2. The monoisotopic (exact) mass is 255 g/mol. The second-order valence-corrected chi connectivity index (χ2v) is 6.03. The van der Waals surface area contributed by atoms with E-state index in [1.165, 1.54) is 51.6 Å². The predicted molar refractivity (Wildman–Crippen MR) is 79.9 cm³/mol. The molecule has 108 valence electrons. The number of likely N-dealkylation sites (N-methyl/N-ethyl adjacent to an activating group) is 1. The Balaban J connectivity index is 2.65. The van der Waals surface area contributed by atoms with Gasteiger partial charge < -0.3 is 10.6 Å². The number of nitrogens with two attached hydrogens (primary N) is 1. The molecule has 18 heavy (non-hydrogen) atoms. The van der Waals surface area contributed by atoms with E-state index in [4.69, 9.17) is 5.73 Å². The molecular formula is C15H33N3. The lowest BCUT2D eigenvalue weighted by Crippen LogP contribution is -2.57. The van der Waals surface area contributed by atoms with Crippen molar-refractivity contribution in [2.45, 2.75) is 64.0 Å². The second-order valence-electron chi connectivity index (χ2n) is 6.03. The van der Waals surface area contributed by atoms with Gasteiger partial charge in [-0.25, -0.2) is 0 Å². The van der Waals surface area contributed by atoms with E-state index >= 15 is 0 Å². The van der Waals surface area contributed by atoms with Crippen LogP contribution in [0.3, 0.4) is 0 Å². The Morgan fingerprint density at radius 2 is 1.89 bits per heavy atom. The van der Waals surface area contributed by atoms with Gasteiger partial charge in [0.05, 0.1) is 0 Å². The Hall–Kier alpha value is -0.120. The van der Waals surface area contributed by atoms with Crippen LogP contribution >= 0.6 is 0 Å². The molecule has 3 heteroatoms. The summed E-state index contributed by atoms with van der Waals surface area (Å²) in [6.45, 7) is 7.83. The van der Waals surface area contributed by atoms with Crippen LogP contribution in [0.4, 0.5) is 0 Å². The number of piperidine rings is 1. The zero-order valence-electron chi connectivity index (χ0n) is 12.9. The zero-order chi connectivity index (χ0) is 13.6. The average Bonchev–Trinajstić information content (AvgIpc) is 2.41. The van der Waals surface area contributed by atoms with E-state index in [1.807, 2.05) is 0 Å². The van der Waals surface area contributed by atoms with Gasteiger partial charge in [-0.15, -0.1) is 0 Å². The molecule has 0 spiro atoms. The van der Waals surface area contributed by atoms with Gasteiger partial charge in [0.15, 0.2) is 0 Å². The van der Waals surface area contributed by atoms with Gasteiger partial charge in [-0.3, -0.25) is 4.90 Å². The maximum Gasteiger partial charge on any atom is 0.0329 e. The Morgan fingerprint density at radius 3 is 2.33 bits per heavy atom. The molecule has 1 rings (SSSR count). The molecule has 0 aromatic rings. The van der Waals surface area contributed by atoms with E-state index in [0.29, 0.717) is 0 Å². The van der Waals surface area contributed by atoms with E-state index in [9.17, 15) is 0 Å². The van der Waals surface area contributed by atoms with E-state index in [2.05, 4.69) is 37.7 Å². The molecule has 1 aliphatic rings. The normalized spacial score (nSPS) is 22.3. The van der Waals surface area contributed by atoms with E-state index < -0.39 is 0 Å². The molecule has 2 N–H and O–H groups in total. The van der Waals surface area contributed by atoms with Crippen LogP contribution in [0, 0.1) is 0 Å². The van der Waals surface area contributed by atoms with Gasteiger partial charge in [0.25, 0.3) is 0 Å². The highest BCUT2D eigenvalue weighted by molar-refractivity contribution is 4.93. The molecule has 0 aromatic heterocycles. The van der Waals surface area contributed by atoms with Gasteiger partial charge in [-0.05, 0) is 52.9 Å². The molecule has 0 radical (unpaired) electrons. The fourth-order valence-corrected chi connectivity index (χ4v) is 3.27. The lowest BCUT2D eigenvalue weighted by atomic mass is 9.85. The van der Waals surface area contributed by atoms with Gasteiger partial charge >= 0.3 is 0 Å². The van der Waals surface area contributed by atoms with Gasteiger partial charge in [-0.1, -0.05) is 26.7 Å². The molecule has 1 unspecified atom stereocenters. The van der Waals surface area contributed by atoms with E-state index in [1.54, 1.807) is 0 Å². The molecule has 1 aliphatic heterocycles. The maximum atomic E-state index is 6.14.